The number of fused-ring (bicyclic) bond motifs is 5. The fraction of sp³-hybridized carbons (Fsp3) is 0.808. The molecule has 4 aliphatic rings. The smallest absolute Gasteiger partial charge is 0.157 e. The van der Waals surface area contributed by atoms with Crippen molar-refractivity contribution in [1.29, 1.82) is 0 Å². The lowest BCUT2D eigenvalue weighted by atomic mass is 9.44. The van der Waals surface area contributed by atoms with Crippen LogP contribution >= 0.6 is 0 Å². The van der Waals surface area contributed by atoms with E-state index in [-0.39, 0.29) is 17.9 Å². The van der Waals surface area contributed by atoms with E-state index in [1.807, 2.05) is 6.92 Å². The Bertz CT molecular complexity index is 914. The lowest BCUT2D eigenvalue weighted by Gasteiger charge is -2.61. The maximum atomic E-state index is 13.3. The number of aliphatic hydroxyl groups is 1. The summed E-state index contributed by atoms with van der Waals surface area (Å²) in [7, 11) is 0. The SMILES string of the molecule is C#Cc1cn(CC(=O)[C@H]2CC[C@H]3[C@@H]4CC[C@@H]5C[C@](C)(O)CC[C@]5(C)[C@H]4CC[C@]23C)nn1. The van der Waals surface area contributed by atoms with Gasteiger partial charge in [-0.15, -0.1) is 11.5 Å². The largest absolute Gasteiger partial charge is 0.390 e. The Labute approximate surface area is 186 Å². The van der Waals surface area contributed by atoms with Crippen molar-refractivity contribution in [1.82, 2.24) is 15.0 Å². The predicted molar refractivity (Wildman–Crippen MR) is 119 cm³/mol. The van der Waals surface area contributed by atoms with E-state index in [0.717, 1.165) is 43.9 Å². The van der Waals surface area contributed by atoms with E-state index in [9.17, 15) is 9.90 Å². The van der Waals surface area contributed by atoms with Gasteiger partial charge in [-0.25, -0.2) is 4.68 Å². The summed E-state index contributed by atoms with van der Waals surface area (Å²) in [5.74, 6) is 5.69. The normalized spacial score (nSPS) is 46.5. The summed E-state index contributed by atoms with van der Waals surface area (Å²) in [5, 5.41) is 18.7. The average molecular weight is 424 g/mol. The third-order valence-corrected chi connectivity index (χ3v) is 10.3. The molecule has 1 heterocycles. The monoisotopic (exact) mass is 423 g/mol. The first-order chi connectivity index (χ1) is 14.7. The van der Waals surface area contributed by atoms with Gasteiger partial charge in [-0.05, 0) is 105 Å². The summed E-state index contributed by atoms with van der Waals surface area (Å²) in [4.78, 5) is 13.3. The molecule has 0 aromatic carbocycles. The summed E-state index contributed by atoms with van der Waals surface area (Å²) in [5.41, 5.74) is 0.476. The predicted octanol–water partition coefficient (Wildman–Crippen LogP) is 4.24. The van der Waals surface area contributed by atoms with Gasteiger partial charge in [0.1, 0.15) is 6.54 Å². The van der Waals surface area contributed by atoms with E-state index in [1.54, 1.807) is 10.9 Å². The maximum absolute atomic E-state index is 13.3. The number of nitrogens with zero attached hydrogens (tertiary/aromatic N) is 3. The number of hydrogen-bond acceptors (Lipinski definition) is 4. The van der Waals surface area contributed by atoms with Crippen molar-refractivity contribution in [3.8, 4) is 12.3 Å². The lowest BCUT2D eigenvalue weighted by molar-refractivity contribution is -0.151. The van der Waals surface area contributed by atoms with Crippen LogP contribution in [0.3, 0.4) is 0 Å². The molecule has 0 aliphatic heterocycles. The highest BCUT2D eigenvalue weighted by Gasteiger charge is 2.61. The van der Waals surface area contributed by atoms with Crippen LogP contribution in [0.4, 0.5) is 0 Å². The molecular weight excluding hydrogens is 386 g/mol. The highest BCUT2D eigenvalue weighted by Crippen LogP contribution is 2.68. The summed E-state index contributed by atoms with van der Waals surface area (Å²) >= 11 is 0. The average Bonchev–Trinajstić information content (AvgIpc) is 3.31. The molecule has 168 valence electrons. The summed E-state index contributed by atoms with van der Waals surface area (Å²) in [6.07, 6.45) is 17.2. The van der Waals surface area contributed by atoms with Crippen molar-refractivity contribution in [2.45, 2.75) is 90.7 Å². The molecule has 0 radical (unpaired) electrons. The minimum absolute atomic E-state index is 0.108. The topological polar surface area (TPSA) is 68.0 Å². The van der Waals surface area contributed by atoms with E-state index in [0.29, 0.717) is 28.7 Å². The summed E-state index contributed by atoms with van der Waals surface area (Å²) in [6.45, 7) is 7.24. The summed E-state index contributed by atoms with van der Waals surface area (Å²) in [6, 6.07) is 0. The molecule has 31 heavy (non-hydrogen) atoms. The second-order valence-corrected chi connectivity index (χ2v) is 11.9. The van der Waals surface area contributed by atoms with Crippen molar-refractivity contribution >= 4 is 5.78 Å². The van der Waals surface area contributed by atoms with Gasteiger partial charge in [0.05, 0.1) is 11.8 Å². The zero-order chi connectivity index (χ0) is 22.0. The fourth-order valence-electron chi connectivity index (χ4n) is 8.67. The minimum atomic E-state index is -0.480. The van der Waals surface area contributed by atoms with Crippen LogP contribution < -0.4 is 0 Å². The molecule has 8 atom stereocenters. The summed E-state index contributed by atoms with van der Waals surface area (Å²) < 4.78 is 1.61. The number of rotatable bonds is 3. The molecule has 1 aromatic rings. The second kappa shape index (κ2) is 7.17. The van der Waals surface area contributed by atoms with E-state index < -0.39 is 5.60 Å². The zero-order valence-electron chi connectivity index (χ0n) is 19.3. The van der Waals surface area contributed by atoms with Gasteiger partial charge in [0, 0.05) is 5.92 Å². The number of ketones is 1. The number of terminal acetylenes is 1. The second-order valence-electron chi connectivity index (χ2n) is 11.9. The first-order valence-electron chi connectivity index (χ1n) is 12.3. The Morgan fingerprint density at radius 3 is 2.65 bits per heavy atom. The van der Waals surface area contributed by atoms with Crippen LogP contribution in [0.2, 0.25) is 0 Å². The Hall–Kier alpha value is -1.67. The molecule has 5 rings (SSSR count). The molecule has 0 spiro atoms. The van der Waals surface area contributed by atoms with E-state index in [2.05, 4.69) is 30.1 Å². The first-order valence-corrected chi connectivity index (χ1v) is 12.3. The van der Waals surface area contributed by atoms with Crippen molar-refractivity contribution in [2.75, 3.05) is 0 Å². The Kier molecular flexibility index (Phi) is 4.90. The van der Waals surface area contributed by atoms with Crippen molar-refractivity contribution in [3.63, 3.8) is 0 Å². The van der Waals surface area contributed by atoms with Crippen molar-refractivity contribution < 1.29 is 9.90 Å². The van der Waals surface area contributed by atoms with Gasteiger partial charge in [-0.3, -0.25) is 4.79 Å². The van der Waals surface area contributed by atoms with E-state index in [1.165, 1.54) is 25.7 Å². The molecule has 0 saturated heterocycles. The van der Waals surface area contributed by atoms with Gasteiger partial charge in [-0.2, -0.15) is 0 Å². The van der Waals surface area contributed by atoms with Gasteiger partial charge in [0.25, 0.3) is 0 Å². The number of carbonyl (C=O) groups excluding carboxylic acids is 1. The Morgan fingerprint density at radius 2 is 1.90 bits per heavy atom. The van der Waals surface area contributed by atoms with Crippen LogP contribution in [0.5, 0.6) is 0 Å². The van der Waals surface area contributed by atoms with Gasteiger partial charge in [0.15, 0.2) is 11.5 Å². The standard InChI is InChI=1S/C26H37N3O2/c1-5-18-15-29(28-27-18)16-23(30)22-9-8-20-19-7-6-17-14-24(2,31)12-13-25(17,3)21(19)10-11-26(20,22)4/h1,15,17,19-22,31H,6-14,16H2,2-4H3/t17-,19+,20+,21+,22-,24-,25+,26+/m1/s1. The minimum Gasteiger partial charge on any atom is -0.390 e. The molecule has 4 saturated carbocycles. The van der Waals surface area contributed by atoms with Crippen LogP contribution in [0, 0.1) is 52.8 Å². The fourth-order valence-corrected chi connectivity index (χ4v) is 8.67. The van der Waals surface area contributed by atoms with Crippen LogP contribution in [0.1, 0.15) is 84.3 Å². The number of Topliss-reactive ketones (excluding diaryl/α,β-unsaturated/α-hetero) is 1. The molecule has 0 bridgehead atoms. The van der Waals surface area contributed by atoms with Crippen LogP contribution in [-0.2, 0) is 11.3 Å². The third-order valence-electron chi connectivity index (χ3n) is 10.3. The zero-order valence-corrected chi connectivity index (χ0v) is 19.3. The highest BCUT2D eigenvalue weighted by molar-refractivity contribution is 5.82. The van der Waals surface area contributed by atoms with Gasteiger partial charge in [0.2, 0.25) is 0 Å². The van der Waals surface area contributed by atoms with Crippen LogP contribution in [0.25, 0.3) is 0 Å². The number of hydrogen-bond donors (Lipinski definition) is 1. The van der Waals surface area contributed by atoms with Crippen molar-refractivity contribution in [3.05, 3.63) is 11.9 Å². The first kappa shape index (κ1) is 21.2. The highest BCUT2D eigenvalue weighted by atomic mass is 16.3. The Morgan fingerprint density at radius 1 is 1.13 bits per heavy atom. The lowest BCUT2D eigenvalue weighted by Crippen LogP contribution is -2.55. The van der Waals surface area contributed by atoms with Crippen LogP contribution in [-0.4, -0.2) is 31.5 Å². The molecule has 1 N–H and O–H groups in total. The van der Waals surface area contributed by atoms with E-state index in [4.69, 9.17) is 6.42 Å². The molecule has 4 fully saturated rings. The van der Waals surface area contributed by atoms with Gasteiger partial charge >= 0.3 is 0 Å². The molecule has 5 nitrogen and oxygen atoms in total. The number of carbonyl (C=O) groups is 1. The Balaban J connectivity index is 1.34. The molecule has 4 aliphatic carbocycles. The van der Waals surface area contributed by atoms with Gasteiger partial charge in [-0.1, -0.05) is 19.1 Å². The van der Waals surface area contributed by atoms with Crippen LogP contribution in [0.15, 0.2) is 6.20 Å². The molecule has 5 heteroatoms. The van der Waals surface area contributed by atoms with Gasteiger partial charge < -0.3 is 5.11 Å². The molecular formula is C26H37N3O2. The molecule has 0 amide bonds. The third kappa shape index (κ3) is 3.28. The number of aromatic nitrogens is 3. The molecule has 0 unspecified atom stereocenters. The maximum Gasteiger partial charge on any atom is 0.157 e. The molecule has 1 aromatic heterocycles. The van der Waals surface area contributed by atoms with Crippen molar-refractivity contribution in [2.24, 2.45) is 40.4 Å². The quantitative estimate of drug-likeness (QED) is 0.739. The van der Waals surface area contributed by atoms with E-state index >= 15 is 0 Å².